The molecule has 23 nitrogen and oxygen atoms in total. The van der Waals surface area contributed by atoms with E-state index in [4.69, 9.17) is 64.8 Å². The summed E-state index contributed by atoms with van der Waals surface area (Å²) < 4.78 is 24.7. The van der Waals surface area contributed by atoms with Crippen LogP contribution in [0.25, 0.3) is 0 Å². The molecule has 0 radical (unpaired) electrons. The molecule has 0 aliphatic rings. The molecule has 23 N–H and O–H groups in total. The minimum Gasteiger partial charge on any atom is -0.391 e. The summed E-state index contributed by atoms with van der Waals surface area (Å²) in [5.41, 5.74) is 45.0. The second-order valence-electron chi connectivity index (χ2n) is 17.0. The predicted molar refractivity (Wildman–Crippen MR) is 260 cm³/mol. The van der Waals surface area contributed by atoms with E-state index in [0.717, 1.165) is 91.4 Å². The van der Waals surface area contributed by atoms with Crippen LogP contribution in [0.1, 0.15) is 19.3 Å². The molecular formula is C42H101N15O8. The van der Waals surface area contributed by atoms with Crippen molar-refractivity contribution in [1.29, 1.82) is 0 Å². The molecule has 0 fully saturated rings. The van der Waals surface area contributed by atoms with Crippen LogP contribution in [-0.4, -0.2) is 287 Å². The van der Waals surface area contributed by atoms with Crippen LogP contribution < -0.4 is 61.8 Å². The maximum Gasteiger partial charge on any atom is 0.0897 e. The molecule has 0 saturated carbocycles. The highest BCUT2D eigenvalue weighted by Crippen LogP contribution is 2.22. The number of hydrogen-bond acceptors (Lipinski definition) is 23. The maximum atomic E-state index is 10.9. The van der Waals surface area contributed by atoms with Gasteiger partial charge < -0.3 is 106 Å². The van der Waals surface area contributed by atoms with Crippen molar-refractivity contribution in [2.45, 2.75) is 43.7 Å². The molecule has 0 bridgehead atoms. The van der Waals surface area contributed by atoms with Gasteiger partial charge in [-0.2, -0.15) is 0 Å². The van der Waals surface area contributed by atoms with Crippen LogP contribution >= 0.6 is 0 Å². The molecule has 0 saturated heterocycles. The van der Waals surface area contributed by atoms with Crippen LogP contribution in [0.4, 0.5) is 0 Å². The fourth-order valence-electron chi connectivity index (χ4n) is 7.19. The molecule has 0 rings (SSSR count). The van der Waals surface area contributed by atoms with Crippen LogP contribution in [0.5, 0.6) is 0 Å². The van der Waals surface area contributed by atoms with Gasteiger partial charge in [-0.05, 0) is 25.8 Å². The Bertz CT molecular complexity index is 826. The van der Waals surface area contributed by atoms with Gasteiger partial charge in [0.2, 0.25) is 0 Å². The third kappa shape index (κ3) is 37.6. The zero-order chi connectivity index (χ0) is 48.2. The molecule has 0 amide bonds. The van der Waals surface area contributed by atoms with Crippen molar-refractivity contribution in [3.05, 3.63) is 0 Å². The summed E-state index contributed by atoms with van der Waals surface area (Å²) in [6.45, 7) is 16.8. The van der Waals surface area contributed by atoms with E-state index in [1.165, 1.54) is 0 Å². The van der Waals surface area contributed by atoms with Crippen molar-refractivity contribution in [3.63, 3.8) is 0 Å². The first-order valence-corrected chi connectivity index (χ1v) is 24.2. The first-order valence-electron chi connectivity index (χ1n) is 24.2. The highest BCUT2D eigenvalue weighted by atomic mass is 16.5. The second-order valence-corrected chi connectivity index (χ2v) is 17.0. The van der Waals surface area contributed by atoms with Gasteiger partial charge >= 0.3 is 0 Å². The zero-order valence-electron chi connectivity index (χ0n) is 40.3. The topological polar surface area (TPSA) is 375 Å². The second kappa shape index (κ2) is 45.5. The van der Waals surface area contributed by atoms with E-state index < -0.39 is 29.8 Å². The van der Waals surface area contributed by atoms with Gasteiger partial charge in [0.05, 0.1) is 82.7 Å². The summed E-state index contributed by atoms with van der Waals surface area (Å²) in [7, 11) is 0. The fraction of sp³-hybridized carbons (Fsp3) is 1.00. The number of nitrogens with one attached hydrogen (secondary N) is 3. The number of nitrogens with zero attached hydrogens (tertiary/aromatic N) is 4. The Kier molecular flexibility index (Phi) is 44.9. The lowest BCUT2D eigenvalue weighted by atomic mass is 9.92. The largest absolute Gasteiger partial charge is 0.391 e. The van der Waals surface area contributed by atoms with Crippen molar-refractivity contribution >= 4 is 0 Å². The SMILES string of the molecule is NCCN(CCN)CCCCC(O)COCC(COCC(O)CNCCN(CCN)CCN)(COCC(O)CNCCN(CCN)CCN)COCC(O)CNCCN(CCN)CCN. The first kappa shape index (κ1) is 64.1. The number of rotatable bonds is 52. The summed E-state index contributed by atoms with van der Waals surface area (Å²) in [5, 5.41) is 53.3. The van der Waals surface area contributed by atoms with Gasteiger partial charge in [0.1, 0.15) is 0 Å². The summed E-state index contributed by atoms with van der Waals surface area (Å²) in [6.07, 6.45) is -0.887. The van der Waals surface area contributed by atoms with Crippen LogP contribution in [0.15, 0.2) is 0 Å². The Labute approximate surface area is 392 Å². The monoisotopic (exact) mass is 944 g/mol. The average Bonchev–Trinajstić information content (AvgIpc) is 3.27. The molecule has 0 aromatic heterocycles. The van der Waals surface area contributed by atoms with Gasteiger partial charge in [0.15, 0.2) is 0 Å². The minimum absolute atomic E-state index is 0.0216. The molecule has 0 aliphatic carbocycles. The van der Waals surface area contributed by atoms with Gasteiger partial charge in [-0.3, -0.25) is 14.7 Å². The number of ether oxygens (including phenoxy) is 4. The van der Waals surface area contributed by atoms with E-state index in [1.54, 1.807) is 0 Å². The van der Waals surface area contributed by atoms with Gasteiger partial charge in [0, 0.05) is 164 Å². The predicted octanol–water partition coefficient (Wildman–Crippen LogP) is -7.70. The number of unbranched alkanes of at least 4 members (excludes halogenated alkanes) is 1. The first-order chi connectivity index (χ1) is 31.5. The summed E-state index contributed by atoms with van der Waals surface area (Å²) >= 11 is 0. The molecule has 65 heavy (non-hydrogen) atoms. The van der Waals surface area contributed by atoms with Gasteiger partial charge in [-0.25, -0.2) is 0 Å². The molecule has 392 valence electrons. The maximum absolute atomic E-state index is 10.9. The van der Waals surface area contributed by atoms with E-state index in [9.17, 15) is 20.4 Å². The van der Waals surface area contributed by atoms with Gasteiger partial charge in [-0.15, -0.1) is 0 Å². The van der Waals surface area contributed by atoms with Crippen LogP contribution in [0, 0.1) is 5.41 Å². The summed E-state index contributed by atoms with van der Waals surface area (Å²) in [4.78, 5) is 8.73. The molecule has 0 aliphatic heterocycles. The smallest absolute Gasteiger partial charge is 0.0897 e. The quantitative estimate of drug-likeness (QED) is 0.0252. The normalized spacial score (nSPS) is 15.1. The lowest BCUT2D eigenvalue weighted by Gasteiger charge is -2.34. The highest BCUT2D eigenvalue weighted by Gasteiger charge is 2.34. The van der Waals surface area contributed by atoms with E-state index in [1.807, 2.05) is 0 Å². The molecule has 23 heteroatoms. The fourth-order valence-corrected chi connectivity index (χ4v) is 7.19. The third-order valence-electron chi connectivity index (χ3n) is 10.7. The standard InChI is InChI=1S/C42H101N15O8/c43-4-16-54(17-5-44)15-2-1-3-38(58)30-62-34-42(35-63-31-39(59)27-51-12-24-55(18-6-45)19-7-46,36-64-32-40(60)28-52-13-25-56(20-8-47)21-9-48)37-65-33-41(61)29-53-14-26-57(22-10-49)23-11-50/h38-41,51-53,58-61H,1-37,43-50H2. The molecular weight excluding hydrogens is 843 g/mol. The number of hydrogen-bond donors (Lipinski definition) is 15. The molecule has 0 aromatic rings. The molecule has 4 atom stereocenters. The molecule has 0 aromatic carbocycles. The number of aliphatic hydroxyl groups is 4. The Hall–Kier alpha value is -0.920. The van der Waals surface area contributed by atoms with E-state index in [2.05, 4.69) is 35.6 Å². The Morgan fingerprint density at radius 1 is 0.354 bits per heavy atom. The van der Waals surface area contributed by atoms with Crippen molar-refractivity contribution in [2.24, 2.45) is 51.3 Å². The highest BCUT2D eigenvalue weighted by molar-refractivity contribution is 4.81. The zero-order valence-corrected chi connectivity index (χ0v) is 40.3. The van der Waals surface area contributed by atoms with Gasteiger partial charge in [-0.1, -0.05) is 0 Å². The number of nitrogens with two attached hydrogens (primary N) is 8. The van der Waals surface area contributed by atoms with Crippen molar-refractivity contribution in [2.75, 3.05) is 223 Å². The lowest BCUT2D eigenvalue weighted by molar-refractivity contribution is -0.131. The van der Waals surface area contributed by atoms with Crippen LogP contribution in [-0.2, 0) is 18.9 Å². The van der Waals surface area contributed by atoms with Crippen molar-refractivity contribution in [1.82, 2.24) is 35.6 Å². The average molecular weight is 944 g/mol. The van der Waals surface area contributed by atoms with Crippen molar-refractivity contribution < 1.29 is 39.4 Å². The van der Waals surface area contributed by atoms with E-state index in [0.29, 0.717) is 98.0 Å². The third-order valence-corrected chi connectivity index (χ3v) is 10.7. The Morgan fingerprint density at radius 3 is 0.892 bits per heavy atom. The summed E-state index contributed by atoms with van der Waals surface area (Å²) in [6, 6.07) is 0. The number of aliphatic hydroxyl groups excluding tert-OH is 4. The van der Waals surface area contributed by atoms with Crippen LogP contribution in [0.3, 0.4) is 0 Å². The molecule has 4 unspecified atom stereocenters. The van der Waals surface area contributed by atoms with Crippen LogP contribution in [0.2, 0.25) is 0 Å². The van der Waals surface area contributed by atoms with Crippen molar-refractivity contribution in [3.8, 4) is 0 Å². The van der Waals surface area contributed by atoms with E-state index in [-0.39, 0.29) is 52.9 Å². The minimum atomic E-state index is -0.932. The van der Waals surface area contributed by atoms with Gasteiger partial charge in [0.25, 0.3) is 0 Å². The lowest BCUT2D eigenvalue weighted by Crippen LogP contribution is -2.45. The summed E-state index contributed by atoms with van der Waals surface area (Å²) in [5.74, 6) is 0. The molecule has 0 heterocycles. The Balaban J connectivity index is 5.77. The molecule has 0 spiro atoms. The Morgan fingerprint density at radius 2 is 0.615 bits per heavy atom. The van der Waals surface area contributed by atoms with E-state index >= 15 is 0 Å².